The van der Waals surface area contributed by atoms with E-state index in [2.05, 4.69) is 6.92 Å². The van der Waals surface area contributed by atoms with Crippen LogP contribution < -0.4 is 0 Å². The number of hydrogen-bond donors (Lipinski definition) is 1. The van der Waals surface area contributed by atoms with Crippen LogP contribution in [0.3, 0.4) is 0 Å². The lowest BCUT2D eigenvalue weighted by Gasteiger charge is -2.51. The van der Waals surface area contributed by atoms with E-state index in [-0.39, 0.29) is 35.0 Å². The molecule has 0 heterocycles. The average molecular weight is 302 g/mol. The zero-order chi connectivity index (χ0) is 15.9. The number of fused-ring (bicyclic) bond motifs is 1. The van der Waals surface area contributed by atoms with E-state index in [0.717, 1.165) is 30.4 Å². The van der Waals surface area contributed by atoms with Gasteiger partial charge in [0.15, 0.2) is 5.78 Å². The van der Waals surface area contributed by atoms with Crippen molar-refractivity contribution in [3.63, 3.8) is 0 Å². The third-order valence-corrected chi connectivity index (χ3v) is 5.72. The molecule has 4 atom stereocenters. The summed E-state index contributed by atoms with van der Waals surface area (Å²) in [7, 11) is 0. The minimum Gasteiger partial charge on any atom is -0.393 e. The number of halogens is 1. The Morgan fingerprint density at radius 3 is 2.64 bits per heavy atom. The molecule has 0 aliphatic heterocycles. The van der Waals surface area contributed by atoms with Crippen molar-refractivity contribution in [2.75, 3.05) is 0 Å². The molecule has 0 amide bonds. The van der Waals surface area contributed by atoms with Crippen molar-refractivity contribution in [2.24, 2.45) is 17.3 Å². The molecule has 0 radical (unpaired) electrons. The minimum atomic E-state index is -0.349. The number of allylic oxidation sites excluding steroid dienone is 1. The molecular weight excluding hydrogens is 279 g/mol. The van der Waals surface area contributed by atoms with Gasteiger partial charge in [0.25, 0.3) is 0 Å². The van der Waals surface area contributed by atoms with Gasteiger partial charge in [-0.3, -0.25) is 4.79 Å². The summed E-state index contributed by atoms with van der Waals surface area (Å²) in [6.45, 7) is 4.10. The molecule has 2 fully saturated rings. The van der Waals surface area contributed by atoms with Crippen molar-refractivity contribution in [1.82, 2.24) is 0 Å². The summed E-state index contributed by atoms with van der Waals surface area (Å²) in [5, 5.41) is 10.5. The van der Waals surface area contributed by atoms with E-state index < -0.39 is 0 Å². The molecule has 1 N–H and O–H groups in total. The van der Waals surface area contributed by atoms with Gasteiger partial charge < -0.3 is 5.11 Å². The van der Waals surface area contributed by atoms with Crippen LogP contribution in [-0.4, -0.2) is 17.0 Å². The van der Waals surface area contributed by atoms with Crippen molar-refractivity contribution >= 4 is 11.9 Å². The predicted octanol–water partition coefficient (Wildman–Crippen LogP) is 3.99. The van der Waals surface area contributed by atoms with Crippen molar-refractivity contribution < 1.29 is 14.3 Å². The minimum absolute atomic E-state index is 0.0552. The summed E-state index contributed by atoms with van der Waals surface area (Å²) < 4.78 is 13.0. The highest BCUT2D eigenvalue weighted by atomic mass is 19.1. The summed E-state index contributed by atoms with van der Waals surface area (Å²) in [6.07, 6.45) is 4.96. The van der Waals surface area contributed by atoms with E-state index in [1.54, 1.807) is 12.1 Å². The van der Waals surface area contributed by atoms with Crippen LogP contribution in [0.1, 0.15) is 45.1 Å². The first-order chi connectivity index (χ1) is 10.4. The molecule has 2 saturated carbocycles. The number of aliphatic hydroxyl groups excluding tert-OH is 1. The number of carbonyl (C=O) groups excluding carboxylic acids is 1. The molecule has 3 heteroatoms. The number of aliphatic hydroxyl groups is 1. The molecule has 118 valence electrons. The Morgan fingerprint density at radius 1 is 1.27 bits per heavy atom. The lowest BCUT2D eigenvalue weighted by molar-refractivity contribution is -0.133. The van der Waals surface area contributed by atoms with Crippen LogP contribution in [0.15, 0.2) is 29.8 Å². The van der Waals surface area contributed by atoms with Crippen LogP contribution >= 0.6 is 0 Å². The Morgan fingerprint density at radius 2 is 1.95 bits per heavy atom. The third-order valence-electron chi connectivity index (χ3n) is 5.72. The molecule has 0 aromatic heterocycles. The van der Waals surface area contributed by atoms with Gasteiger partial charge in [-0.1, -0.05) is 32.4 Å². The summed E-state index contributed by atoms with van der Waals surface area (Å²) in [6, 6.07) is 6.18. The third kappa shape index (κ3) is 2.52. The second kappa shape index (κ2) is 5.62. The van der Waals surface area contributed by atoms with E-state index in [0.29, 0.717) is 6.42 Å². The Labute approximate surface area is 131 Å². The van der Waals surface area contributed by atoms with Gasteiger partial charge in [-0.15, -0.1) is 0 Å². The monoisotopic (exact) mass is 302 g/mol. The number of carbonyl (C=O) groups is 1. The van der Waals surface area contributed by atoms with Gasteiger partial charge in [0.05, 0.1) is 6.10 Å². The SMILES string of the molecule is CC1C(=O)/C(=C\c2ccc(F)cc2)C[C@@]2(C)C1CCC[C@@H]2O. The van der Waals surface area contributed by atoms with Gasteiger partial charge in [0, 0.05) is 11.3 Å². The first-order valence-electron chi connectivity index (χ1n) is 8.10. The first kappa shape index (κ1) is 15.4. The molecular formula is C19H23FO2. The normalized spacial score (nSPS) is 37.2. The molecule has 2 unspecified atom stereocenters. The average Bonchev–Trinajstić information content (AvgIpc) is 2.49. The second-order valence-corrected chi connectivity index (χ2v) is 7.11. The first-order valence-corrected chi connectivity index (χ1v) is 8.10. The molecule has 0 spiro atoms. The molecule has 0 saturated heterocycles. The van der Waals surface area contributed by atoms with Crippen molar-refractivity contribution in [1.29, 1.82) is 0 Å². The van der Waals surface area contributed by atoms with Crippen LogP contribution in [0, 0.1) is 23.1 Å². The van der Waals surface area contributed by atoms with E-state index in [1.807, 2.05) is 13.0 Å². The molecule has 2 aliphatic carbocycles. The van der Waals surface area contributed by atoms with Gasteiger partial charge >= 0.3 is 0 Å². The number of benzene rings is 1. The summed E-state index contributed by atoms with van der Waals surface area (Å²) in [5.41, 5.74) is 1.38. The van der Waals surface area contributed by atoms with Crippen molar-refractivity contribution in [3.8, 4) is 0 Å². The second-order valence-electron chi connectivity index (χ2n) is 7.11. The van der Waals surface area contributed by atoms with Crippen LogP contribution in [0.25, 0.3) is 6.08 Å². The number of hydrogen-bond acceptors (Lipinski definition) is 2. The van der Waals surface area contributed by atoms with Crippen molar-refractivity contribution in [3.05, 3.63) is 41.2 Å². The maximum absolute atomic E-state index is 13.0. The smallest absolute Gasteiger partial charge is 0.161 e. The fourth-order valence-electron chi connectivity index (χ4n) is 4.36. The highest BCUT2D eigenvalue weighted by molar-refractivity contribution is 6.02. The molecule has 1 aromatic rings. The standard InChI is InChI=1S/C19H23FO2/c1-12-16-4-3-5-17(21)19(16,2)11-14(18(12)22)10-13-6-8-15(20)9-7-13/h6-10,12,16-17,21H,3-5,11H2,1-2H3/b14-10-/t12?,16?,17-,19-/m0/s1. The Hall–Kier alpha value is -1.48. The zero-order valence-corrected chi connectivity index (χ0v) is 13.2. The molecule has 22 heavy (non-hydrogen) atoms. The van der Waals surface area contributed by atoms with E-state index in [1.165, 1.54) is 12.1 Å². The predicted molar refractivity (Wildman–Crippen MR) is 84.6 cm³/mol. The Bertz CT molecular complexity index is 604. The fourth-order valence-corrected chi connectivity index (χ4v) is 4.36. The zero-order valence-electron chi connectivity index (χ0n) is 13.2. The van der Waals surface area contributed by atoms with Crippen LogP contribution in [0.5, 0.6) is 0 Å². The Kier molecular flexibility index (Phi) is 3.94. The van der Waals surface area contributed by atoms with Gasteiger partial charge in [0.2, 0.25) is 0 Å². The Balaban J connectivity index is 1.95. The molecule has 3 rings (SSSR count). The molecule has 2 aliphatic rings. The summed E-state index contributed by atoms with van der Waals surface area (Å²) >= 11 is 0. The lowest BCUT2D eigenvalue weighted by atomic mass is 9.54. The van der Waals surface area contributed by atoms with Gasteiger partial charge in [-0.05, 0) is 54.5 Å². The molecule has 2 nitrogen and oxygen atoms in total. The van der Waals surface area contributed by atoms with Gasteiger partial charge in [0.1, 0.15) is 5.82 Å². The van der Waals surface area contributed by atoms with E-state index >= 15 is 0 Å². The number of rotatable bonds is 1. The lowest BCUT2D eigenvalue weighted by Crippen LogP contribution is -2.51. The highest BCUT2D eigenvalue weighted by Gasteiger charge is 2.51. The largest absolute Gasteiger partial charge is 0.393 e. The topological polar surface area (TPSA) is 37.3 Å². The summed E-state index contributed by atoms with van der Waals surface area (Å²) in [5.74, 6) is 0.107. The highest BCUT2D eigenvalue weighted by Crippen LogP contribution is 2.53. The van der Waals surface area contributed by atoms with E-state index in [9.17, 15) is 14.3 Å². The van der Waals surface area contributed by atoms with Gasteiger partial charge in [-0.25, -0.2) is 4.39 Å². The van der Waals surface area contributed by atoms with Crippen LogP contribution in [0.4, 0.5) is 4.39 Å². The molecule has 0 bridgehead atoms. The quantitative estimate of drug-likeness (QED) is 0.797. The van der Waals surface area contributed by atoms with Crippen molar-refractivity contribution in [2.45, 2.75) is 45.6 Å². The maximum Gasteiger partial charge on any atom is 0.161 e. The number of ketones is 1. The molecule has 1 aromatic carbocycles. The maximum atomic E-state index is 13.0. The van der Waals surface area contributed by atoms with E-state index in [4.69, 9.17) is 0 Å². The fraction of sp³-hybridized carbons (Fsp3) is 0.526. The van der Waals surface area contributed by atoms with Crippen LogP contribution in [-0.2, 0) is 4.79 Å². The van der Waals surface area contributed by atoms with Gasteiger partial charge in [-0.2, -0.15) is 0 Å². The number of Topliss-reactive ketones (excluding diaryl/α,β-unsaturated/α-hetero) is 1. The van der Waals surface area contributed by atoms with Crippen LogP contribution in [0.2, 0.25) is 0 Å². The summed E-state index contributed by atoms with van der Waals surface area (Å²) in [4.78, 5) is 12.7.